The van der Waals surface area contributed by atoms with Crippen molar-refractivity contribution in [3.8, 4) is 11.4 Å². The zero-order valence-corrected chi connectivity index (χ0v) is 45.3. The summed E-state index contributed by atoms with van der Waals surface area (Å²) >= 11 is 0. The molecule has 5 heterocycles. The number of nitrogens with zero attached hydrogens (tertiary/aromatic N) is 8. The lowest BCUT2D eigenvalue weighted by molar-refractivity contribution is -0.145. The first-order valence-corrected chi connectivity index (χ1v) is 27.7. The number of ether oxygens (including phenoxy) is 2. The Labute approximate surface area is 449 Å². The normalized spacial score (nSPS) is 22.2. The van der Waals surface area contributed by atoms with Crippen LogP contribution >= 0.6 is 0 Å². The minimum absolute atomic E-state index is 0.116. The highest BCUT2D eigenvalue weighted by Crippen LogP contribution is 2.34. The number of hydrogen-bond donors (Lipinski definition) is 6. The van der Waals surface area contributed by atoms with E-state index in [9.17, 15) is 28.8 Å². The minimum Gasteiger partial charge on any atom is -0.369 e. The van der Waals surface area contributed by atoms with Crippen LogP contribution < -0.4 is 31.9 Å². The SMILES string of the molecule is CN[C@@H](C)C(=O)N[C@H](C(=O)N1CCC[C@H]1C(=O)N[C@@H]1CCCc2ccccc21)[C@@H](C)OCc1nnn2c1-c1c(CO[C@H](C)[C@H](NC(=O)[C@H](C)NC)C(=O)N3CCC[C@H]3C(=O)N[C@@H]3CCCc4ccccc43)nnn1CCC2. The fourth-order valence-corrected chi connectivity index (χ4v) is 11.6. The second-order valence-corrected chi connectivity index (χ2v) is 21.3. The predicted molar refractivity (Wildman–Crippen MR) is 283 cm³/mol. The Bertz CT molecular complexity index is 2600. The third-order valence-corrected chi connectivity index (χ3v) is 16.3. The van der Waals surface area contributed by atoms with Crippen molar-refractivity contribution in [2.45, 2.75) is 185 Å². The lowest BCUT2D eigenvalue weighted by Crippen LogP contribution is -2.59. The van der Waals surface area contributed by atoms with Crippen molar-refractivity contribution >= 4 is 35.4 Å². The number of hydrogen-bond acceptors (Lipinski definition) is 14. The summed E-state index contributed by atoms with van der Waals surface area (Å²) in [5.74, 6) is -2.09. The summed E-state index contributed by atoms with van der Waals surface area (Å²) in [5.41, 5.74) is 6.67. The van der Waals surface area contributed by atoms with Gasteiger partial charge in [-0.15, -0.1) is 10.2 Å². The van der Waals surface area contributed by atoms with E-state index in [0.717, 1.165) is 49.7 Å². The molecular formula is C55H76N14O8. The Morgan fingerprint density at radius 1 is 0.558 bits per heavy atom. The topological polar surface area (TPSA) is 261 Å². The van der Waals surface area contributed by atoms with Gasteiger partial charge in [-0.05, 0) is 135 Å². The lowest BCUT2D eigenvalue weighted by atomic mass is 9.87. The number of fused-ring (bicyclic) bond motifs is 5. The molecule has 10 atom stereocenters. The summed E-state index contributed by atoms with van der Waals surface area (Å²) in [7, 11) is 3.32. The molecule has 0 bridgehead atoms. The average molecular weight is 1060 g/mol. The maximum atomic E-state index is 14.7. The van der Waals surface area contributed by atoms with Gasteiger partial charge < -0.3 is 51.2 Å². The molecule has 2 aromatic heterocycles. The molecule has 22 heteroatoms. The highest BCUT2D eigenvalue weighted by Gasteiger charge is 2.43. The van der Waals surface area contributed by atoms with E-state index in [0.29, 0.717) is 81.1 Å². The molecule has 0 radical (unpaired) electrons. The summed E-state index contributed by atoms with van der Waals surface area (Å²) in [6.07, 6.45) is 6.54. The summed E-state index contributed by atoms with van der Waals surface area (Å²) < 4.78 is 16.5. The smallest absolute Gasteiger partial charge is 0.248 e. The van der Waals surface area contributed by atoms with Gasteiger partial charge in [-0.25, -0.2) is 9.36 Å². The third kappa shape index (κ3) is 12.1. The van der Waals surface area contributed by atoms with Gasteiger partial charge in [0.2, 0.25) is 35.4 Å². The van der Waals surface area contributed by atoms with Gasteiger partial charge in [0, 0.05) is 26.2 Å². The van der Waals surface area contributed by atoms with Gasteiger partial charge in [0.05, 0.1) is 49.6 Å². The van der Waals surface area contributed by atoms with Crippen LogP contribution in [0, 0.1) is 0 Å². The van der Waals surface area contributed by atoms with E-state index >= 15 is 0 Å². The van der Waals surface area contributed by atoms with Crippen LogP contribution in [0.25, 0.3) is 11.4 Å². The zero-order chi connectivity index (χ0) is 54.3. The number of likely N-dealkylation sites (N-methyl/N-ethyl adjacent to an activating group) is 2. The van der Waals surface area contributed by atoms with Crippen molar-refractivity contribution < 1.29 is 38.2 Å². The fraction of sp³-hybridized carbons (Fsp3) is 0.600. The molecule has 77 heavy (non-hydrogen) atoms. The average Bonchev–Trinajstić information content (AvgIpc) is 4.28. The maximum absolute atomic E-state index is 14.7. The Morgan fingerprint density at radius 2 is 0.974 bits per heavy atom. The molecule has 2 aromatic carbocycles. The number of amides is 6. The van der Waals surface area contributed by atoms with Gasteiger partial charge in [-0.3, -0.25) is 28.8 Å². The Kier molecular flexibility index (Phi) is 17.8. The van der Waals surface area contributed by atoms with Gasteiger partial charge in [0.1, 0.15) is 46.9 Å². The fourth-order valence-electron chi connectivity index (χ4n) is 11.6. The quantitative estimate of drug-likeness (QED) is 0.0743. The lowest BCUT2D eigenvalue weighted by Gasteiger charge is -2.33. The number of carbonyl (C=O) groups excluding carboxylic acids is 6. The molecule has 0 unspecified atom stereocenters. The van der Waals surface area contributed by atoms with Crippen molar-refractivity contribution in [2.24, 2.45) is 0 Å². The van der Waals surface area contributed by atoms with Crippen LogP contribution in [-0.2, 0) is 77.4 Å². The second-order valence-electron chi connectivity index (χ2n) is 21.3. The maximum Gasteiger partial charge on any atom is 0.248 e. The molecule has 2 fully saturated rings. The summed E-state index contributed by atoms with van der Waals surface area (Å²) in [4.78, 5) is 87.7. The van der Waals surface area contributed by atoms with Crippen molar-refractivity contribution in [1.29, 1.82) is 0 Å². The van der Waals surface area contributed by atoms with Crippen LogP contribution in [0.1, 0.15) is 131 Å². The van der Waals surface area contributed by atoms with Crippen molar-refractivity contribution in [3.05, 3.63) is 82.2 Å². The largest absolute Gasteiger partial charge is 0.369 e. The summed E-state index contributed by atoms with van der Waals surface area (Å²) in [6, 6.07) is 11.0. The molecule has 2 aliphatic carbocycles. The zero-order valence-electron chi connectivity index (χ0n) is 45.3. The highest BCUT2D eigenvalue weighted by molar-refractivity contribution is 5.95. The van der Waals surface area contributed by atoms with Gasteiger partial charge in [-0.2, -0.15) is 0 Å². The number of rotatable bonds is 20. The molecule has 6 amide bonds. The monoisotopic (exact) mass is 1060 g/mol. The molecule has 0 saturated carbocycles. The third-order valence-electron chi connectivity index (χ3n) is 16.3. The number of likely N-dealkylation sites (tertiary alicyclic amines) is 2. The molecule has 4 aromatic rings. The molecular weight excluding hydrogens is 985 g/mol. The van der Waals surface area contributed by atoms with E-state index in [1.807, 2.05) is 24.3 Å². The molecule has 6 N–H and O–H groups in total. The van der Waals surface area contributed by atoms with Crippen LogP contribution in [0.5, 0.6) is 0 Å². The number of aromatic nitrogens is 6. The number of benzene rings is 2. The van der Waals surface area contributed by atoms with E-state index in [2.05, 4.69) is 76.8 Å². The first-order valence-electron chi connectivity index (χ1n) is 27.7. The minimum atomic E-state index is -1.15. The molecule has 3 aliphatic heterocycles. The number of nitrogens with one attached hydrogen (secondary N) is 6. The molecule has 0 spiro atoms. The summed E-state index contributed by atoms with van der Waals surface area (Å²) in [6.45, 7) is 8.30. The molecule has 9 rings (SSSR count). The number of carbonyl (C=O) groups is 6. The van der Waals surface area contributed by atoms with E-state index in [-0.39, 0.29) is 37.1 Å². The van der Waals surface area contributed by atoms with Crippen LogP contribution in [0.4, 0.5) is 0 Å². The van der Waals surface area contributed by atoms with Gasteiger partial charge in [-0.1, -0.05) is 59.0 Å². The van der Waals surface area contributed by atoms with E-state index in [1.54, 1.807) is 61.0 Å². The van der Waals surface area contributed by atoms with Crippen LogP contribution in [0.15, 0.2) is 48.5 Å². The molecule has 414 valence electrons. The van der Waals surface area contributed by atoms with E-state index < -0.39 is 72.1 Å². The van der Waals surface area contributed by atoms with E-state index in [1.165, 1.54) is 11.1 Å². The Morgan fingerprint density at radius 3 is 1.39 bits per heavy atom. The first-order chi connectivity index (χ1) is 37.3. The van der Waals surface area contributed by atoms with Gasteiger partial charge >= 0.3 is 0 Å². The molecule has 5 aliphatic rings. The van der Waals surface area contributed by atoms with Crippen molar-refractivity contribution in [1.82, 2.24) is 71.7 Å². The first kappa shape index (κ1) is 55.1. The number of aryl methyl sites for hydroxylation is 4. The predicted octanol–water partition coefficient (Wildman–Crippen LogP) is 2.31. The van der Waals surface area contributed by atoms with Gasteiger partial charge in [0.25, 0.3) is 0 Å². The molecule has 2 saturated heterocycles. The van der Waals surface area contributed by atoms with Crippen LogP contribution in [0.3, 0.4) is 0 Å². The molecule has 22 nitrogen and oxygen atoms in total. The standard InChI is InChI=1S/C55H76N14O8/c1-32(56-5)50(70)60-46(54(74)66-26-13-24-44(66)52(72)58-40-22-11-18-36-16-7-9-20-38(36)40)34(3)76-30-42-48-49-43(63-65-69(49)29-15-28-68(48)64-62-42)31-77-35(4)47(61-51(71)33(2)57-6)55(75)67-27-14-25-45(67)53(73)59-41-23-12-19-37-17-8-10-21-39(37)41/h7-10,16-17,20-21,32-35,40-41,44-47,56-57H,11-15,18-19,22-31H2,1-6H3,(H,58,72)(H,59,73)(H,60,70)(H,61,71)/t32-,33-,34+,35+,40+,41+,44-,45-,46-,47-/m0/s1. The van der Waals surface area contributed by atoms with E-state index in [4.69, 9.17) is 9.47 Å². The van der Waals surface area contributed by atoms with Crippen molar-refractivity contribution in [2.75, 3.05) is 27.2 Å². The highest BCUT2D eigenvalue weighted by atomic mass is 16.5. The van der Waals surface area contributed by atoms with Crippen molar-refractivity contribution in [3.63, 3.8) is 0 Å². The second kappa shape index (κ2) is 24.8. The van der Waals surface area contributed by atoms with Crippen LogP contribution in [0.2, 0.25) is 0 Å². The van der Waals surface area contributed by atoms with Gasteiger partial charge in [0.15, 0.2) is 0 Å². The summed E-state index contributed by atoms with van der Waals surface area (Å²) in [5, 5.41) is 36.3. The Balaban J connectivity index is 0.898. The Hall–Kier alpha value is -6.62. The van der Waals surface area contributed by atoms with Crippen LogP contribution in [-0.4, -0.2) is 151 Å².